The third kappa shape index (κ3) is 2.11. The van der Waals surface area contributed by atoms with Gasteiger partial charge in [-0.2, -0.15) is 0 Å². The molecule has 0 radical (unpaired) electrons. The molecule has 2 N–H and O–H groups in total. The second-order valence-electron chi connectivity index (χ2n) is 4.09. The average Bonchev–Trinajstić information content (AvgIpc) is 2.33. The number of anilines is 2. The molecule has 0 atom stereocenters. The molecule has 1 aromatic rings. The number of piperidine rings is 1. The van der Waals surface area contributed by atoms with Crippen LogP contribution in [0.25, 0.3) is 0 Å². The van der Waals surface area contributed by atoms with Crippen LogP contribution in [0.4, 0.5) is 15.8 Å². The average molecular weight is 224 g/mol. The molecule has 0 aromatic heterocycles. The van der Waals surface area contributed by atoms with E-state index in [9.17, 15) is 4.39 Å². The molecule has 1 saturated heterocycles. The zero-order chi connectivity index (χ0) is 11.5. The van der Waals surface area contributed by atoms with Gasteiger partial charge in [-0.3, -0.25) is 0 Å². The summed E-state index contributed by atoms with van der Waals surface area (Å²) < 4.78 is 18.6. The molecule has 0 unspecified atom stereocenters. The molecule has 1 aliphatic rings. The minimum atomic E-state index is -0.341. The molecular weight excluding hydrogens is 207 g/mol. The van der Waals surface area contributed by atoms with Gasteiger partial charge in [-0.15, -0.1) is 0 Å². The third-order valence-corrected chi connectivity index (χ3v) is 3.15. The van der Waals surface area contributed by atoms with Gasteiger partial charge in [-0.25, -0.2) is 4.39 Å². The molecule has 88 valence electrons. The van der Waals surface area contributed by atoms with Crippen molar-refractivity contribution in [2.24, 2.45) is 0 Å². The third-order valence-electron chi connectivity index (χ3n) is 3.15. The summed E-state index contributed by atoms with van der Waals surface area (Å²) in [4.78, 5) is 2.12. The molecule has 1 aliphatic heterocycles. The van der Waals surface area contributed by atoms with Crippen LogP contribution in [0, 0.1) is 5.82 Å². The van der Waals surface area contributed by atoms with Gasteiger partial charge in [0.25, 0.3) is 0 Å². The van der Waals surface area contributed by atoms with E-state index in [0.29, 0.717) is 6.10 Å². The first-order valence-electron chi connectivity index (χ1n) is 5.54. The molecule has 4 heteroatoms. The van der Waals surface area contributed by atoms with Gasteiger partial charge in [0.1, 0.15) is 5.82 Å². The Morgan fingerprint density at radius 2 is 2.06 bits per heavy atom. The largest absolute Gasteiger partial charge is 0.395 e. The Morgan fingerprint density at radius 3 is 2.69 bits per heavy atom. The van der Waals surface area contributed by atoms with Crippen molar-refractivity contribution in [3.63, 3.8) is 0 Å². The maximum Gasteiger partial charge on any atom is 0.148 e. The van der Waals surface area contributed by atoms with E-state index in [1.54, 1.807) is 13.2 Å². The fraction of sp³-hybridized carbons (Fsp3) is 0.500. The minimum absolute atomic E-state index is 0.248. The normalized spacial score (nSPS) is 17.8. The Balaban J connectivity index is 2.11. The van der Waals surface area contributed by atoms with Gasteiger partial charge in [0.2, 0.25) is 0 Å². The Hall–Kier alpha value is -1.29. The van der Waals surface area contributed by atoms with Crippen molar-refractivity contribution >= 4 is 11.4 Å². The van der Waals surface area contributed by atoms with Crippen molar-refractivity contribution in [3.8, 4) is 0 Å². The van der Waals surface area contributed by atoms with Gasteiger partial charge < -0.3 is 15.4 Å². The zero-order valence-electron chi connectivity index (χ0n) is 9.45. The Kier molecular flexibility index (Phi) is 3.29. The van der Waals surface area contributed by atoms with Crippen molar-refractivity contribution in [2.45, 2.75) is 18.9 Å². The van der Waals surface area contributed by atoms with Gasteiger partial charge in [-0.05, 0) is 25.0 Å². The molecule has 0 spiro atoms. The molecule has 0 bridgehead atoms. The van der Waals surface area contributed by atoms with Crippen LogP contribution in [-0.4, -0.2) is 26.3 Å². The lowest BCUT2D eigenvalue weighted by molar-refractivity contribution is 0.0819. The van der Waals surface area contributed by atoms with Crippen LogP contribution in [0.2, 0.25) is 0 Å². The summed E-state index contributed by atoms with van der Waals surface area (Å²) in [6.45, 7) is 1.73. The fourth-order valence-electron chi connectivity index (χ4n) is 2.13. The monoisotopic (exact) mass is 224 g/mol. The number of para-hydroxylation sites is 1. The standard InChI is InChI=1S/C12H17FN2O/c1-16-9-5-7-15(8-6-9)11-4-2-3-10(13)12(11)14/h2-4,9H,5-8,14H2,1H3. The van der Waals surface area contributed by atoms with Crippen LogP contribution in [0.15, 0.2) is 18.2 Å². The lowest BCUT2D eigenvalue weighted by Gasteiger charge is -2.33. The number of rotatable bonds is 2. The molecule has 0 saturated carbocycles. The van der Waals surface area contributed by atoms with Crippen molar-refractivity contribution in [1.29, 1.82) is 0 Å². The lowest BCUT2D eigenvalue weighted by Crippen LogP contribution is -2.37. The first-order chi connectivity index (χ1) is 7.72. The second-order valence-corrected chi connectivity index (χ2v) is 4.09. The molecule has 2 rings (SSSR count). The first kappa shape index (κ1) is 11.2. The van der Waals surface area contributed by atoms with E-state index in [1.807, 2.05) is 6.07 Å². The Bertz CT molecular complexity index is 362. The molecule has 0 amide bonds. The SMILES string of the molecule is COC1CCN(c2cccc(F)c2N)CC1. The van der Waals surface area contributed by atoms with Gasteiger partial charge in [0.15, 0.2) is 0 Å². The summed E-state index contributed by atoms with van der Waals surface area (Å²) in [7, 11) is 1.73. The second kappa shape index (κ2) is 4.70. The topological polar surface area (TPSA) is 38.5 Å². The summed E-state index contributed by atoms with van der Waals surface area (Å²) in [6, 6.07) is 4.95. The fourth-order valence-corrected chi connectivity index (χ4v) is 2.13. The summed E-state index contributed by atoms with van der Waals surface area (Å²) in [5.41, 5.74) is 6.78. The van der Waals surface area contributed by atoms with E-state index < -0.39 is 0 Å². The number of benzene rings is 1. The molecule has 1 fully saturated rings. The zero-order valence-corrected chi connectivity index (χ0v) is 9.45. The highest BCUT2D eigenvalue weighted by atomic mass is 19.1. The number of halogens is 1. The van der Waals surface area contributed by atoms with Gasteiger partial charge in [-0.1, -0.05) is 6.07 Å². The van der Waals surface area contributed by atoms with Gasteiger partial charge in [0, 0.05) is 20.2 Å². The molecule has 0 aliphatic carbocycles. The highest BCUT2D eigenvalue weighted by Crippen LogP contribution is 2.28. The maximum atomic E-state index is 13.3. The predicted octanol–water partition coefficient (Wildman–Crippen LogP) is 2.02. The van der Waals surface area contributed by atoms with Crippen molar-refractivity contribution < 1.29 is 9.13 Å². The summed E-state index contributed by atoms with van der Waals surface area (Å²) in [5, 5.41) is 0. The van der Waals surface area contributed by atoms with Crippen LogP contribution in [-0.2, 0) is 4.74 Å². The van der Waals surface area contributed by atoms with Crippen LogP contribution < -0.4 is 10.6 Å². The van der Waals surface area contributed by atoms with E-state index in [0.717, 1.165) is 31.6 Å². The van der Waals surface area contributed by atoms with Crippen LogP contribution >= 0.6 is 0 Å². The highest BCUT2D eigenvalue weighted by molar-refractivity contribution is 5.68. The highest BCUT2D eigenvalue weighted by Gasteiger charge is 2.20. The van der Waals surface area contributed by atoms with E-state index in [4.69, 9.17) is 10.5 Å². The summed E-state index contributed by atoms with van der Waals surface area (Å²) in [6.07, 6.45) is 2.25. The van der Waals surface area contributed by atoms with Crippen molar-refractivity contribution in [1.82, 2.24) is 0 Å². The van der Waals surface area contributed by atoms with Crippen molar-refractivity contribution in [2.75, 3.05) is 30.8 Å². The van der Waals surface area contributed by atoms with Crippen LogP contribution in [0.5, 0.6) is 0 Å². The lowest BCUT2D eigenvalue weighted by atomic mass is 10.1. The van der Waals surface area contributed by atoms with Gasteiger partial charge in [0.05, 0.1) is 17.5 Å². The van der Waals surface area contributed by atoms with Gasteiger partial charge >= 0.3 is 0 Å². The number of methoxy groups -OCH3 is 1. The quantitative estimate of drug-likeness (QED) is 0.781. The maximum absolute atomic E-state index is 13.3. The molecular formula is C12H17FN2O. The number of nitrogens with zero attached hydrogens (tertiary/aromatic N) is 1. The van der Waals surface area contributed by atoms with E-state index in [1.165, 1.54) is 6.07 Å². The van der Waals surface area contributed by atoms with E-state index in [2.05, 4.69) is 4.90 Å². The Labute approximate surface area is 95.0 Å². The summed E-state index contributed by atoms with van der Waals surface area (Å²) in [5.74, 6) is -0.341. The number of hydrogen-bond donors (Lipinski definition) is 1. The van der Waals surface area contributed by atoms with Crippen molar-refractivity contribution in [3.05, 3.63) is 24.0 Å². The summed E-state index contributed by atoms with van der Waals surface area (Å²) >= 11 is 0. The minimum Gasteiger partial charge on any atom is -0.395 e. The smallest absolute Gasteiger partial charge is 0.148 e. The molecule has 16 heavy (non-hydrogen) atoms. The van der Waals surface area contributed by atoms with Crippen LogP contribution in [0.1, 0.15) is 12.8 Å². The Morgan fingerprint density at radius 1 is 1.38 bits per heavy atom. The number of ether oxygens (including phenoxy) is 1. The number of hydrogen-bond acceptors (Lipinski definition) is 3. The molecule has 1 heterocycles. The number of nitrogens with two attached hydrogens (primary N) is 1. The molecule has 3 nitrogen and oxygen atoms in total. The molecule has 1 aromatic carbocycles. The van der Waals surface area contributed by atoms with E-state index in [-0.39, 0.29) is 11.5 Å². The number of nitrogen functional groups attached to an aromatic ring is 1. The predicted molar refractivity (Wildman–Crippen MR) is 63.1 cm³/mol. The van der Waals surface area contributed by atoms with Crippen LogP contribution in [0.3, 0.4) is 0 Å². The van der Waals surface area contributed by atoms with E-state index >= 15 is 0 Å². The first-order valence-corrected chi connectivity index (χ1v) is 5.54.